The molecule has 3 heteroatoms. The highest BCUT2D eigenvalue weighted by Gasteiger charge is 2.21. The van der Waals surface area contributed by atoms with Gasteiger partial charge in [0.2, 0.25) is 0 Å². The number of nitrogens with one attached hydrogen (secondary N) is 2. The van der Waals surface area contributed by atoms with E-state index in [1.807, 2.05) is 26.0 Å². The van der Waals surface area contributed by atoms with Gasteiger partial charge in [-0.3, -0.25) is 0 Å². The Morgan fingerprint density at radius 3 is 2.04 bits per heavy atom. The molecule has 0 saturated heterocycles. The maximum absolute atomic E-state index is 12.1. The summed E-state index contributed by atoms with van der Waals surface area (Å²) >= 11 is 0. The first-order valence-electron chi connectivity index (χ1n) is 7.96. The molecule has 0 aliphatic rings. The molecule has 0 aliphatic carbocycles. The van der Waals surface area contributed by atoms with Gasteiger partial charge in [-0.15, -0.1) is 0 Å². The van der Waals surface area contributed by atoms with Gasteiger partial charge in [0.25, 0.3) is 0 Å². The molecule has 0 bridgehead atoms. The number of carbonyl (C=O) groups excluding carboxylic acids is 1. The average Bonchev–Trinajstić information content (AvgIpc) is 2.44. The van der Waals surface area contributed by atoms with Crippen LogP contribution in [-0.4, -0.2) is 12.6 Å². The molecule has 2 amide bonds. The van der Waals surface area contributed by atoms with Gasteiger partial charge in [0.15, 0.2) is 0 Å². The van der Waals surface area contributed by atoms with Gasteiger partial charge in [-0.2, -0.15) is 0 Å². The Bertz CT molecular complexity index is 667. The Morgan fingerprint density at radius 2 is 1.48 bits per heavy atom. The molecule has 0 radical (unpaired) electrons. The van der Waals surface area contributed by atoms with Crippen molar-refractivity contribution in [1.29, 1.82) is 0 Å². The molecule has 2 rings (SSSR count). The molecule has 2 N–H and O–H groups in total. The van der Waals surface area contributed by atoms with Gasteiger partial charge in [0.1, 0.15) is 0 Å². The zero-order valence-corrected chi connectivity index (χ0v) is 14.7. The van der Waals surface area contributed by atoms with Crippen LogP contribution in [0.1, 0.15) is 36.1 Å². The van der Waals surface area contributed by atoms with E-state index in [1.54, 1.807) is 0 Å². The van der Waals surface area contributed by atoms with E-state index in [-0.39, 0.29) is 11.4 Å². The van der Waals surface area contributed by atoms with Crippen LogP contribution in [0.2, 0.25) is 0 Å². The van der Waals surface area contributed by atoms with Crippen LogP contribution in [0.5, 0.6) is 0 Å². The fourth-order valence-corrected chi connectivity index (χ4v) is 2.63. The summed E-state index contributed by atoms with van der Waals surface area (Å²) in [5, 5.41) is 5.88. The standard InChI is InChI=1S/C20H26N2O/c1-14-6-8-17(9-7-14)20(4,5)13-21-19(23)22-18-11-15(2)10-16(3)12-18/h6-12H,13H2,1-5H3,(H2,21,22,23). The first kappa shape index (κ1) is 17.1. The van der Waals surface area contributed by atoms with Crippen molar-refractivity contribution in [3.63, 3.8) is 0 Å². The zero-order chi connectivity index (χ0) is 17.0. The first-order valence-corrected chi connectivity index (χ1v) is 7.96. The predicted molar refractivity (Wildman–Crippen MR) is 97.1 cm³/mol. The topological polar surface area (TPSA) is 41.1 Å². The van der Waals surface area contributed by atoms with E-state index < -0.39 is 0 Å². The van der Waals surface area contributed by atoms with E-state index in [0.29, 0.717) is 6.54 Å². The number of rotatable bonds is 4. The van der Waals surface area contributed by atoms with Crippen molar-refractivity contribution in [2.24, 2.45) is 0 Å². The molecular weight excluding hydrogens is 284 g/mol. The maximum Gasteiger partial charge on any atom is 0.319 e. The summed E-state index contributed by atoms with van der Waals surface area (Å²) in [4.78, 5) is 12.1. The summed E-state index contributed by atoms with van der Waals surface area (Å²) in [6.07, 6.45) is 0. The second-order valence-corrected chi connectivity index (χ2v) is 6.93. The molecule has 0 spiro atoms. The Morgan fingerprint density at radius 1 is 0.913 bits per heavy atom. The minimum atomic E-state index is -0.171. The number of anilines is 1. The minimum absolute atomic E-state index is 0.117. The van der Waals surface area contributed by atoms with Crippen molar-refractivity contribution in [3.05, 3.63) is 64.7 Å². The molecule has 0 unspecified atom stereocenters. The smallest absolute Gasteiger partial charge is 0.319 e. The van der Waals surface area contributed by atoms with Crippen LogP contribution >= 0.6 is 0 Å². The van der Waals surface area contributed by atoms with Crippen LogP contribution < -0.4 is 10.6 Å². The molecule has 122 valence electrons. The van der Waals surface area contributed by atoms with Gasteiger partial charge in [0, 0.05) is 17.6 Å². The highest BCUT2D eigenvalue weighted by molar-refractivity contribution is 5.89. The van der Waals surface area contributed by atoms with Gasteiger partial charge >= 0.3 is 6.03 Å². The first-order chi connectivity index (χ1) is 10.8. The third-order valence-corrected chi connectivity index (χ3v) is 4.00. The van der Waals surface area contributed by atoms with Gasteiger partial charge in [-0.25, -0.2) is 4.79 Å². The van der Waals surface area contributed by atoms with Crippen molar-refractivity contribution in [3.8, 4) is 0 Å². The summed E-state index contributed by atoms with van der Waals surface area (Å²) in [6.45, 7) is 11.0. The van der Waals surface area contributed by atoms with E-state index in [2.05, 4.69) is 61.7 Å². The highest BCUT2D eigenvalue weighted by atomic mass is 16.2. The van der Waals surface area contributed by atoms with Crippen LogP contribution in [-0.2, 0) is 5.41 Å². The van der Waals surface area contributed by atoms with Crippen LogP contribution in [0.25, 0.3) is 0 Å². The lowest BCUT2D eigenvalue weighted by atomic mass is 9.84. The molecule has 0 aliphatic heterocycles. The zero-order valence-electron chi connectivity index (χ0n) is 14.7. The van der Waals surface area contributed by atoms with Crippen LogP contribution in [0, 0.1) is 20.8 Å². The maximum atomic E-state index is 12.1. The summed E-state index contributed by atoms with van der Waals surface area (Å²) in [7, 11) is 0. The molecular formula is C20H26N2O. The molecule has 0 saturated carbocycles. The number of hydrogen-bond donors (Lipinski definition) is 2. The largest absolute Gasteiger partial charge is 0.337 e. The molecule has 3 nitrogen and oxygen atoms in total. The van der Waals surface area contributed by atoms with Gasteiger partial charge in [0.05, 0.1) is 0 Å². The minimum Gasteiger partial charge on any atom is -0.337 e. The number of amides is 2. The molecule has 2 aromatic carbocycles. The van der Waals surface area contributed by atoms with E-state index in [9.17, 15) is 4.79 Å². The Balaban J connectivity index is 1.96. The Hall–Kier alpha value is -2.29. The monoisotopic (exact) mass is 310 g/mol. The third kappa shape index (κ3) is 4.85. The lowest BCUT2D eigenvalue weighted by Crippen LogP contribution is -2.39. The number of urea groups is 1. The number of benzene rings is 2. The fraction of sp³-hybridized carbons (Fsp3) is 0.350. The second-order valence-electron chi connectivity index (χ2n) is 6.93. The van der Waals surface area contributed by atoms with E-state index in [4.69, 9.17) is 0 Å². The van der Waals surface area contributed by atoms with Crippen molar-refractivity contribution < 1.29 is 4.79 Å². The summed E-state index contributed by atoms with van der Waals surface area (Å²) in [5.41, 5.74) is 5.45. The SMILES string of the molecule is Cc1ccc(C(C)(C)CNC(=O)Nc2cc(C)cc(C)c2)cc1. The summed E-state index contributed by atoms with van der Waals surface area (Å²) in [6, 6.07) is 14.3. The molecule has 2 aromatic rings. The van der Waals surface area contributed by atoms with Crippen LogP contribution in [0.4, 0.5) is 10.5 Å². The molecule has 23 heavy (non-hydrogen) atoms. The predicted octanol–water partition coefficient (Wildman–Crippen LogP) is 4.71. The van der Waals surface area contributed by atoms with Crippen LogP contribution in [0.15, 0.2) is 42.5 Å². The molecule has 0 fully saturated rings. The van der Waals surface area contributed by atoms with Crippen molar-refractivity contribution in [2.75, 3.05) is 11.9 Å². The molecule has 0 atom stereocenters. The van der Waals surface area contributed by atoms with Gasteiger partial charge in [-0.1, -0.05) is 49.7 Å². The third-order valence-electron chi connectivity index (χ3n) is 4.00. The van der Waals surface area contributed by atoms with Crippen molar-refractivity contribution in [2.45, 2.75) is 40.0 Å². The van der Waals surface area contributed by atoms with Gasteiger partial charge in [-0.05, 0) is 49.6 Å². The van der Waals surface area contributed by atoms with E-state index >= 15 is 0 Å². The average molecular weight is 310 g/mol. The van der Waals surface area contributed by atoms with Gasteiger partial charge < -0.3 is 10.6 Å². The number of hydrogen-bond acceptors (Lipinski definition) is 1. The number of carbonyl (C=O) groups is 1. The van der Waals surface area contributed by atoms with E-state index in [1.165, 1.54) is 11.1 Å². The Kier molecular flexibility index (Phi) is 5.09. The Labute approximate surface area is 139 Å². The summed E-state index contributed by atoms with van der Waals surface area (Å²) in [5.74, 6) is 0. The summed E-state index contributed by atoms with van der Waals surface area (Å²) < 4.78 is 0. The normalized spacial score (nSPS) is 11.2. The molecule has 0 heterocycles. The fourth-order valence-electron chi connectivity index (χ4n) is 2.63. The van der Waals surface area contributed by atoms with Crippen molar-refractivity contribution >= 4 is 11.7 Å². The lowest BCUT2D eigenvalue weighted by Gasteiger charge is -2.26. The second kappa shape index (κ2) is 6.86. The number of aryl methyl sites for hydroxylation is 3. The van der Waals surface area contributed by atoms with E-state index in [0.717, 1.165) is 16.8 Å². The quantitative estimate of drug-likeness (QED) is 0.843. The lowest BCUT2D eigenvalue weighted by molar-refractivity contribution is 0.249. The molecule has 0 aromatic heterocycles. The van der Waals surface area contributed by atoms with Crippen molar-refractivity contribution in [1.82, 2.24) is 5.32 Å². The van der Waals surface area contributed by atoms with Crippen LogP contribution in [0.3, 0.4) is 0 Å². The highest BCUT2D eigenvalue weighted by Crippen LogP contribution is 2.22.